The first-order chi connectivity index (χ1) is 8.69. The lowest BCUT2D eigenvalue weighted by Gasteiger charge is -2.30. The Morgan fingerprint density at radius 1 is 1.22 bits per heavy atom. The van der Waals surface area contributed by atoms with Crippen molar-refractivity contribution in [2.45, 2.75) is 25.7 Å². The lowest BCUT2D eigenvalue weighted by atomic mass is 9.80. The maximum Gasteiger partial charge on any atom is 0.228 e. The molecule has 1 saturated carbocycles. The third kappa shape index (κ3) is 3.43. The molecule has 2 unspecified atom stereocenters. The van der Waals surface area contributed by atoms with Crippen molar-refractivity contribution in [2.24, 2.45) is 11.8 Å². The zero-order valence-electron chi connectivity index (χ0n) is 10.1. The molecule has 0 radical (unpaired) electrons. The third-order valence-electron chi connectivity index (χ3n) is 3.45. The predicted octanol–water partition coefficient (Wildman–Crippen LogP) is 1.32. The van der Waals surface area contributed by atoms with Crippen molar-refractivity contribution in [3.63, 3.8) is 0 Å². The van der Waals surface area contributed by atoms with Crippen molar-refractivity contribution in [3.05, 3.63) is 5.28 Å². The number of halogens is 1. The van der Waals surface area contributed by atoms with Crippen LogP contribution in [0.5, 0.6) is 0 Å². The van der Waals surface area contributed by atoms with Gasteiger partial charge in [-0.3, -0.25) is 0 Å². The van der Waals surface area contributed by atoms with Gasteiger partial charge in [-0.15, -0.1) is 0 Å². The number of nitrogens with one attached hydrogen (secondary N) is 1. The molecular formula is C11H18ClN5O. The number of nitrogens with zero attached hydrogens (tertiary/aromatic N) is 3. The number of nitrogens with two attached hydrogens (primary N) is 1. The summed E-state index contributed by atoms with van der Waals surface area (Å²) in [5.74, 6) is 1.32. The Bertz CT molecular complexity index is 383. The van der Waals surface area contributed by atoms with Gasteiger partial charge in [-0.1, -0.05) is 12.8 Å². The van der Waals surface area contributed by atoms with Crippen LogP contribution in [0, 0.1) is 11.8 Å². The Morgan fingerprint density at radius 2 is 1.94 bits per heavy atom. The first kappa shape index (κ1) is 13.3. The van der Waals surface area contributed by atoms with Gasteiger partial charge in [0, 0.05) is 13.2 Å². The zero-order valence-corrected chi connectivity index (χ0v) is 10.9. The molecule has 4 N–H and O–H groups in total. The van der Waals surface area contributed by atoms with Crippen molar-refractivity contribution in [3.8, 4) is 0 Å². The molecule has 7 heteroatoms. The normalized spacial score (nSPS) is 23.9. The maximum atomic E-state index is 9.34. The van der Waals surface area contributed by atoms with Crippen molar-refractivity contribution < 1.29 is 5.11 Å². The van der Waals surface area contributed by atoms with Crippen LogP contribution in [0.4, 0.5) is 11.9 Å². The molecule has 1 aromatic heterocycles. The molecule has 0 aromatic carbocycles. The van der Waals surface area contributed by atoms with Crippen molar-refractivity contribution in [1.29, 1.82) is 0 Å². The molecule has 1 aliphatic rings. The number of hydrogen-bond acceptors (Lipinski definition) is 6. The number of hydrogen-bond donors (Lipinski definition) is 3. The molecule has 1 aromatic rings. The van der Waals surface area contributed by atoms with Gasteiger partial charge in [0.2, 0.25) is 17.2 Å². The van der Waals surface area contributed by atoms with E-state index in [-0.39, 0.29) is 17.8 Å². The quantitative estimate of drug-likeness (QED) is 0.764. The van der Waals surface area contributed by atoms with Crippen LogP contribution in [-0.2, 0) is 0 Å². The molecular weight excluding hydrogens is 254 g/mol. The van der Waals surface area contributed by atoms with Crippen LogP contribution in [-0.4, -0.2) is 33.2 Å². The highest BCUT2D eigenvalue weighted by atomic mass is 35.5. The van der Waals surface area contributed by atoms with Crippen LogP contribution in [0.1, 0.15) is 25.7 Å². The van der Waals surface area contributed by atoms with Gasteiger partial charge >= 0.3 is 0 Å². The van der Waals surface area contributed by atoms with E-state index in [0.717, 1.165) is 19.4 Å². The fourth-order valence-corrected chi connectivity index (χ4v) is 2.63. The molecule has 1 fully saturated rings. The van der Waals surface area contributed by atoms with E-state index >= 15 is 0 Å². The number of aromatic nitrogens is 3. The highest BCUT2D eigenvalue weighted by Gasteiger charge is 2.24. The lowest BCUT2D eigenvalue weighted by Crippen LogP contribution is -2.29. The van der Waals surface area contributed by atoms with Gasteiger partial charge in [-0.05, 0) is 36.3 Å². The highest BCUT2D eigenvalue weighted by Crippen LogP contribution is 2.29. The Kier molecular flexibility index (Phi) is 4.54. The fraction of sp³-hybridized carbons (Fsp3) is 0.727. The molecule has 1 aliphatic carbocycles. The second-order valence-electron chi connectivity index (χ2n) is 4.65. The minimum atomic E-state index is 0.0901. The standard InChI is InChI=1S/C11H18ClN5O/c12-9-15-10(13)17-11(16-9)14-5-7-3-1-2-4-8(7)6-18/h7-8,18H,1-6H2,(H3,13,14,15,16,17). The monoisotopic (exact) mass is 271 g/mol. The molecule has 0 aliphatic heterocycles. The molecule has 0 amide bonds. The number of anilines is 2. The predicted molar refractivity (Wildman–Crippen MR) is 70.3 cm³/mol. The molecule has 18 heavy (non-hydrogen) atoms. The Morgan fingerprint density at radius 3 is 2.61 bits per heavy atom. The van der Waals surface area contributed by atoms with Crippen LogP contribution < -0.4 is 11.1 Å². The van der Waals surface area contributed by atoms with E-state index in [1.54, 1.807) is 0 Å². The van der Waals surface area contributed by atoms with Crippen LogP contribution in [0.15, 0.2) is 0 Å². The van der Waals surface area contributed by atoms with Crippen LogP contribution in [0.2, 0.25) is 5.28 Å². The van der Waals surface area contributed by atoms with Gasteiger partial charge < -0.3 is 16.2 Å². The Labute approximate surface area is 111 Å². The summed E-state index contributed by atoms with van der Waals surface area (Å²) in [5, 5.41) is 12.5. The van der Waals surface area contributed by atoms with Crippen molar-refractivity contribution in [1.82, 2.24) is 15.0 Å². The molecule has 6 nitrogen and oxygen atoms in total. The molecule has 2 rings (SSSR count). The molecule has 0 saturated heterocycles. The van der Waals surface area contributed by atoms with E-state index < -0.39 is 0 Å². The Balaban J connectivity index is 1.93. The van der Waals surface area contributed by atoms with Crippen LogP contribution in [0.3, 0.4) is 0 Å². The van der Waals surface area contributed by atoms with Gasteiger partial charge in [0.25, 0.3) is 0 Å². The SMILES string of the molecule is Nc1nc(Cl)nc(NCC2CCCCC2CO)n1. The number of aliphatic hydroxyl groups is 1. The summed E-state index contributed by atoms with van der Waals surface area (Å²) in [6, 6.07) is 0. The highest BCUT2D eigenvalue weighted by molar-refractivity contribution is 6.28. The van der Waals surface area contributed by atoms with E-state index in [4.69, 9.17) is 17.3 Å². The Hall–Kier alpha value is -1.14. The fourth-order valence-electron chi connectivity index (χ4n) is 2.46. The lowest BCUT2D eigenvalue weighted by molar-refractivity contribution is 0.141. The summed E-state index contributed by atoms with van der Waals surface area (Å²) in [6.07, 6.45) is 4.62. The van der Waals surface area contributed by atoms with E-state index in [2.05, 4.69) is 20.3 Å². The van der Waals surface area contributed by atoms with E-state index in [1.807, 2.05) is 0 Å². The average Bonchev–Trinajstić information content (AvgIpc) is 2.35. The largest absolute Gasteiger partial charge is 0.396 e. The summed E-state index contributed by atoms with van der Waals surface area (Å²) in [7, 11) is 0. The molecule has 0 bridgehead atoms. The van der Waals surface area contributed by atoms with Crippen molar-refractivity contribution in [2.75, 3.05) is 24.2 Å². The van der Waals surface area contributed by atoms with E-state index in [1.165, 1.54) is 12.8 Å². The average molecular weight is 272 g/mol. The summed E-state index contributed by atoms with van der Waals surface area (Å²) in [4.78, 5) is 11.6. The molecule has 1 heterocycles. The first-order valence-corrected chi connectivity index (χ1v) is 6.58. The van der Waals surface area contributed by atoms with Gasteiger partial charge in [-0.25, -0.2) is 0 Å². The van der Waals surface area contributed by atoms with Gasteiger partial charge in [0.15, 0.2) is 0 Å². The second-order valence-corrected chi connectivity index (χ2v) is 4.99. The first-order valence-electron chi connectivity index (χ1n) is 6.21. The summed E-state index contributed by atoms with van der Waals surface area (Å²) < 4.78 is 0. The topological polar surface area (TPSA) is 97.0 Å². The zero-order chi connectivity index (χ0) is 13.0. The van der Waals surface area contributed by atoms with E-state index in [9.17, 15) is 5.11 Å². The number of aliphatic hydroxyl groups excluding tert-OH is 1. The van der Waals surface area contributed by atoms with Gasteiger partial charge in [0.1, 0.15) is 0 Å². The van der Waals surface area contributed by atoms with Crippen LogP contribution >= 0.6 is 11.6 Å². The number of rotatable bonds is 4. The summed E-state index contributed by atoms with van der Waals surface area (Å²) >= 11 is 5.71. The minimum Gasteiger partial charge on any atom is -0.396 e. The third-order valence-corrected chi connectivity index (χ3v) is 3.62. The molecule has 0 spiro atoms. The van der Waals surface area contributed by atoms with Crippen molar-refractivity contribution >= 4 is 23.5 Å². The summed E-state index contributed by atoms with van der Waals surface area (Å²) in [6.45, 7) is 0.970. The number of nitrogen functional groups attached to an aromatic ring is 1. The van der Waals surface area contributed by atoms with E-state index in [0.29, 0.717) is 17.8 Å². The van der Waals surface area contributed by atoms with Crippen LogP contribution in [0.25, 0.3) is 0 Å². The second kappa shape index (κ2) is 6.15. The molecule has 2 atom stereocenters. The maximum absolute atomic E-state index is 9.34. The smallest absolute Gasteiger partial charge is 0.228 e. The van der Waals surface area contributed by atoms with Gasteiger partial charge in [0.05, 0.1) is 0 Å². The van der Waals surface area contributed by atoms with Gasteiger partial charge in [-0.2, -0.15) is 15.0 Å². The minimum absolute atomic E-state index is 0.0901. The molecule has 100 valence electrons. The summed E-state index contributed by atoms with van der Waals surface area (Å²) in [5.41, 5.74) is 5.49.